The van der Waals surface area contributed by atoms with E-state index in [-0.39, 0.29) is 5.28 Å². The molecular formula is C19H13Cl2N3. The molecule has 4 rings (SSSR count). The minimum absolute atomic E-state index is 0.234. The van der Waals surface area contributed by atoms with Gasteiger partial charge in [0.2, 0.25) is 5.28 Å². The van der Waals surface area contributed by atoms with Crippen molar-refractivity contribution in [2.75, 3.05) is 0 Å². The lowest BCUT2D eigenvalue weighted by molar-refractivity contribution is 0.978. The second-order valence-corrected chi connectivity index (χ2v) is 6.30. The molecule has 24 heavy (non-hydrogen) atoms. The fourth-order valence-corrected chi connectivity index (χ4v) is 3.44. The first-order valence-electron chi connectivity index (χ1n) is 7.47. The average Bonchev–Trinajstić information content (AvgIpc) is 2.88. The van der Waals surface area contributed by atoms with Gasteiger partial charge in [-0.3, -0.25) is 0 Å². The van der Waals surface area contributed by atoms with Crippen LogP contribution in [0.2, 0.25) is 10.3 Å². The van der Waals surface area contributed by atoms with Crippen LogP contribution in [0, 0.1) is 0 Å². The van der Waals surface area contributed by atoms with Crippen LogP contribution in [0.25, 0.3) is 33.4 Å². The Morgan fingerprint density at radius 1 is 0.958 bits per heavy atom. The molecule has 0 aliphatic rings. The van der Waals surface area contributed by atoms with E-state index in [0.717, 1.165) is 33.4 Å². The maximum atomic E-state index is 6.21. The number of para-hydroxylation sites is 1. The van der Waals surface area contributed by atoms with Crippen molar-refractivity contribution in [1.29, 1.82) is 0 Å². The number of aromatic nitrogens is 3. The van der Waals surface area contributed by atoms with E-state index in [4.69, 9.17) is 23.2 Å². The summed E-state index contributed by atoms with van der Waals surface area (Å²) in [6, 6.07) is 17.9. The highest BCUT2D eigenvalue weighted by Gasteiger charge is 2.19. The summed E-state index contributed by atoms with van der Waals surface area (Å²) >= 11 is 12.2. The van der Waals surface area contributed by atoms with Crippen LogP contribution in [0.15, 0.2) is 60.8 Å². The van der Waals surface area contributed by atoms with E-state index in [1.165, 1.54) is 0 Å². The fourth-order valence-electron chi connectivity index (χ4n) is 3.10. The number of benzene rings is 2. The smallest absolute Gasteiger partial charge is 0.222 e. The summed E-state index contributed by atoms with van der Waals surface area (Å²) in [5.74, 6) is 0. The molecule has 0 fully saturated rings. The molecule has 0 aliphatic heterocycles. The summed E-state index contributed by atoms with van der Waals surface area (Å²) in [5, 5.41) is 2.05. The van der Waals surface area contributed by atoms with E-state index in [2.05, 4.69) is 26.7 Å². The van der Waals surface area contributed by atoms with Gasteiger partial charge >= 0.3 is 0 Å². The standard InChI is InChI=1S/C19H13Cl2N3/c1-24-16-8-3-2-7-14(16)17(15-9-10-22-19(21)23-15)18(24)12-5-4-6-13(20)11-12/h2-11H,1H3. The molecule has 2 aromatic carbocycles. The van der Waals surface area contributed by atoms with Gasteiger partial charge in [-0.2, -0.15) is 0 Å². The number of hydrogen-bond donors (Lipinski definition) is 0. The van der Waals surface area contributed by atoms with Crippen molar-refractivity contribution in [2.24, 2.45) is 7.05 Å². The molecule has 0 bridgehead atoms. The number of nitrogens with zero attached hydrogens (tertiary/aromatic N) is 3. The van der Waals surface area contributed by atoms with Gasteiger partial charge in [0.15, 0.2) is 0 Å². The molecule has 3 nitrogen and oxygen atoms in total. The second-order valence-electron chi connectivity index (χ2n) is 5.52. The van der Waals surface area contributed by atoms with Crippen molar-refractivity contribution in [3.63, 3.8) is 0 Å². The third-order valence-electron chi connectivity index (χ3n) is 4.09. The van der Waals surface area contributed by atoms with Gasteiger partial charge in [-0.15, -0.1) is 0 Å². The predicted octanol–water partition coefficient (Wildman–Crippen LogP) is 5.61. The molecule has 118 valence electrons. The third kappa shape index (κ3) is 2.46. The van der Waals surface area contributed by atoms with Crippen LogP contribution in [-0.4, -0.2) is 14.5 Å². The Bertz CT molecular complexity index is 1050. The molecule has 0 amide bonds. The zero-order valence-corrected chi connectivity index (χ0v) is 14.4. The molecule has 2 aromatic heterocycles. The number of hydrogen-bond acceptors (Lipinski definition) is 2. The molecule has 0 saturated carbocycles. The van der Waals surface area contributed by atoms with Crippen LogP contribution in [0.3, 0.4) is 0 Å². The second kappa shape index (κ2) is 5.93. The normalized spacial score (nSPS) is 11.1. The first-order valence-corrected chi connectivity index (χ1v) is 8.23. The monoisotopic (exact) mass is 353 g/mol. The van der Waals surface area contributed by atoms with E-state index in [1.807, 2.05) is 49.5 Å². The molecular weight excluding hydrogens is 341 g/mol. The predicted molar refractivity (Wildman–Crippen MR) is 99.4 cm³/mol. The number of aryl methyl sites for hydroxylation is 1. The zero-order valence-electron chi connectivity index (χ0n) is 12.9. The van der Waals surface area contributed by atoms with Crippen LogP contribution in [0.1, 0.15) is 0 Å². The topological polar surface area (TPSA) is 30.7 Å². The van der Waals surface area contributed by atoms with Crippen LogP contribution >= 0.6 is 23.2 Å². The molecule has 0 atom stereocenters. The Hall–Kier alpha value is -2.36. The highest BCUT2D eigenvalue weighted by molar-refractivity contribution is 6.31. The molecule has 0 unspecified atom stereocenters. The highest BCUT2D eigenvalue weighted by atomic mass is 35.5. The Kier molecular flexibility index (Phi) is 3.75. The van der Waals surface area contributed by atoms with E-state index >= 15 is 0 Å². The van der Waals surface area contributed by atoms with Gasteiger partial charge in [-0.25, -0.2) is 9.97 Å². The van der Waals surface area contributed by atoms with E-state index in [1.54, 1.807) is 6.20 Å². The van der Waals surface area contributed by atoms with Gasteiger partial charge in [-0.1, -0.05) is 41.9 Å². The first-order chi connectivity index (χ1) is 11.6. The number of rotatable bonds is 2. The lowest BCUT2D eigenvalue weighted by atomic mass is 10.0. The van der Waals surface area contributed by atoms with Crippen molar-refractivity contribution in [3.8, 4) is 22.5 Å². The van der Waals surface area contributed by atoms with Crippen LogP contribution in [0.5, 0.6) is 0 Å². The summed E-state index contributed by atoms with van der Waals surface area (Å²) in [7, 11) is 2.05. The molecule has 0 saturated heterocycles. The minimum Gasteiger partial charge on any atom is -0.343 e. The molecule has 5 heteroatoms. The van der Waals surface area contributed by atoms with Crippen LogP contribution in [0.4, 0.5) is 0 Å². The molecule has 4 aromatic rings. The molecule has 0 spiro atoms. The van der Waals surface area contributed by atoms with Crippen molar-refractivity contribution in [2.45, 2.75) is 0 Å². The van der Waals surface area contributed by atoms with Crippen molar-refractivity contribution >= 4 is 34.1 Å². The summed E-state index contributed by atoms with van der Waals surface area (Å²) in [6.45, 7) is 0. The lowest BCUT2D eigenvalue weighted by Gasteiger charge is -2.09. The fraction of sp³-hybridized carbons (Fsp3) is 0.0526. The SMILES string of the molecule is Cn1c(-c2cccc(Cl)c2)c(-c2ccnc(Cl)n2)c2ccccc21. The van der Waals surface area contributed by atoms with Crippen molar-refractivity contribution in [3.05, 3.63) is 71.1 Å². The molecule has 0 radical (unpaired) electrons. The molecule has 2 heterocycles. The van der Waals surface area contributed by atoms with Gasteiger partial charge in [0.25, 0.3) is 0 Å². The van der Waals surface area contributed by atoms with E-state index in [0.29, 0.717) is 5.02 Å². The minimum atomic E-state index is 0.234. The Morgan fingerprint density at radius 3 is 2.58 bits per heavy atom. The Morgan fingerprint density at radius 2 is 1.79 bits per heavy atom. The van der Waals surface area contributed by atoms with Gasteiger partial charge in [-0.05, 0) is 35.9 Å². The van der Waals surface area contributed by atoms with E-state index < -0.39 is 0 Å². The van der Waals surface area contributed by atoms with Crippen LogP contribution < -0.4 is 0 Å². The Labute approximate surface area is 149 Å². The highest BCUT2D eigenvalue weighted by Crippen LogP contribution is 2.40. The summed E-state index contributed by atoms with van der Waals surface area (Å²) in [5.41, 5.74) is 5.03. The van der Waals surface area contributed by atoms with Gasteiger partial charge in [0, 0.05) is 40.3 Å². The summed E-state index contributed by atoms with van der Waals surface area (Å²) in [4.78, 5) is 8.42. The van der Waals surface area contributed by atoms with Crippen LogP contribution in [-0.2, 0) is 7.05 Å². The number of halogens is 2. The lowest BCUT2D eigenvalue weighted by Crippen LogP contribution is -1.94. The Balaban J connectivity index is 2.13. The van der Waals surface area contributed by atoms with Crippen molar-refractivity contribution in [1.82, 2.24) is 14.5 Å². The third-order valence-corrected chi connectivity index (χ3v) is 4.50. The van der Waals surface area contributed by atoms with Crippen molar-refractivity contribution < 1.29 is 0 Å². The zero-order chi connectivity index (χ0) is 16.7. The maximum Gasteiger partial charge on any atom is 0.222 e. The maximum absolute atomic E-state index is 6.21. The van der Waals surface area contributed by atoms with Gasteiger partial charge < -0.3 is 4.57 Å². The quantitative estimate of drug-likeness (QED) is 0.438. The van der Waals surface area contributed by atoms with Gasteiger partial charge in [0.05, 0.1) is 11.4 Å². The summed E-state index contributed by atoms with van der Waals surface area (Å²) < 4.78 is 2.16. The van der Waals surface area contributed by atoms with E-state index in [9.17, 15) is 0 Å². The molecule has 0 N–H and O–H groups in total. The first kappa shape index (κ1) is 15.2. The average molecular weight is 354 g/mol. The summed E-state index contributed by atoms with van der Waals surface area (Å²) in [6.07, 6.45) is 1.67. The van der Waals surface area contributed by atoms with Gasteiger partial charge in [0.1, 0.15) is 0 Å². The largest absolute Gasteiger partial charge is 0.343 e. The number of fused-ring (bicyclic) bond motifs is 1. The molecule has 0 aliphatic carbocycles.